The molecule has 0 radical (unpaired) electrons. The van der Waals surface area contributed by atoms with Crippen LogP contribution in [0.2, 0.25) is 0 Å². The Morgan fingerprint density at radius 2 is 2.11 bits per heavy atom. The maximum absolute atomic E-state index is 12.5. The van der Waals surface area contributed by atoms with E-state index < -0.39 is 11.0 Å². The molecule has 134 valence electrons. The lowest BCUT2D eigenvalue weighted by atomic mass is 10.2. The normalized spacial score (nSPS) is 10.8. The third-order valence-electron chi connectivity index (χ3n) is 3.78. The number of fused-ring (bicyclic) bond motifs is 2. The van der Waals surface area contributed by atoms with Gasteiger partial charge in [0.15, 0.2) is 5.13 Å². The summed E-state index contributed by atoms with van der Waals surface area (Å²) in [5.74, 6) is 0. The number of anilines is 2. The van der Waals surface area contributed by atoms with Gasteiger partial charge in [0, 0.05) is 23.2 Å². The Labute approximate surface area is 154 Å². The number of benzene rings is 2. The number of nitro groups is 1. The number of non-ortho nitro benzene ring substituents is 1. The summed E-state index contributed by atoms with van der Waals surface area (Å²) in [5, 5.41) is 20.9. The van der Waals surface area contributed by atoms with E-state index in [1.54, 1.807) is 18.2 Å². The molecule has 0 aliphatic carbocycles. The average Bonchev–Trinajstić information content (AvgIpc) is 3.24. The SMILES string of the molecule is O=CNc1ccc2nc(NC(=O)n3ncc4cc([N+](=O)[O-])ccc43)sc2c1. The van der Waals surface area contributed by atoms with Crippen LogP contribution in [0.25, 0.3) is 21.1 Å². The van der Waals surface area contributed by atoms with Crippen LogP contribution in [0.4, 0.5) is 21.3 Å². The van der Waals surface area contributed by atoms with E-state index in [9.17, 15) is 19.7 Å². The number of amides is 2. The Hall–Kier alpha value is -3.86. The van der Waals surface area contributed by atoms with Crippen molar-refractivity contribution >= 4 is 61.4 Å². The van der Waals surface area contributed by atoms with Crippen LogP contribution < -0.4 is 10.6 Å². The fourth-order valence-corrected chi connectivity index (χ4v) is 3.47. The fourth-order valence-electron chi connectivity index (χ4n) is 2.58. The molecule has 4 rings (SSSR count). The molecule has 2 aromatic heterocycles. The van der Waals surface area contributed by atoms with E-state index in [0.717, 1.165) is 9.38 Å². The number of hydrogen-bond acceptors (Lipinski definition) is 7. The van der Waals surface area contributed by atoms with Crippen LogP contribution in [0.5, 0.6) is 0 Å². The average molecular weight is 382 g/mol. The molecule has 11 heteroatoms. The molecule has 0 fully saturated rings. The molecule has 2 N–H and O–H groups in total. The highest BCUT2D eigenvalue weighted by Gasteiger charge is 2.15. The summed E-state index contributed by atoms with van der Waals surface area (Å²) in [6.07, 6.45) is 1.97. The van der Waals surface area contributed by atoms with Crippen molar-refractivity contribution in [2.45, 2.75) is 0 Å². The van der Waals surface area contributed by atoms with Crippen molar-refractivity contribution in [3.63, 3.8) is 0 Å². The van der Waals surface area contributed by atoms with Gasteiger partial charge in [-0.1, -0.05) is 11.3 Å². The van der Waals surface area contributed by atoms with Crippen LogP contribution in [0.3, 0.4) is 0 Å². The van der Waals surface area contributed by atoms with Crippen molar-refractivity contribution in [2.24, 2.45) is 0 Å². The second-order valence-electron chi connectivity index (χ2n) is 5.45. The monoisotopic (exact) mass is 382 g/mol. The van der Waals surface area contributed by atoms with E-state index in [1.807, 2.05) is 0 Å². The van der Waals surface area contributed by atoms with Gasteiger partial charge >= 0.3 is 6.03 Å². The molecule has 10 nitrogen and oxygen atoms in total. The van der Waals surface area contributed by atoms with E-state index in [-0.39, 0.29) is 5.69 Å². The zero-order chi connectivity index (χ0) is 19.0. The van der Waals surface area contributed by atoms with Gasteiger partial charge in [-0.25, -0.2) is 9.78 Å². The summed E-state index contributed by atoms with van der Waals surface area (Å²) in [4.78, 5) is 37.7. The molecule has 2 heterocycles. The quantitative estimate of drug-likeness (QED) is 0.316. The van der Waals surface area contributed by atoms with Gasteiger partial charge in [-0.05, 0) is 24.3 Å². The van der Waals surface area contributed by atoms with E-state index >= 15 is 0 Å². The van der Waals surface area contributed by atoms with Gasteiger partial charge in [-0.3, -0.25) is 20.2 Å². The molecule has 0 spiro atoms. The fraction of sp³-hybridized carbons (Fsp3) is 0. The van der Waals surface area contributed by atoms with Crippen LogP contribution in [-0.2, 0) is 4.79 Å². The number of nitro benzene ring substituents is 1. The van der Waals surface area contributed by atoms with Crippen molar-refractivity contribution in [3.8, 4) is 0 Å². The molecule has 0 saturated heterocycles. The Balaban J connectivity index is 1.62. The van der Waals surface area contributed by atoms with Gasteiger partial charge in [0.25, 0.3) is 5.69 Å². The van der Waals surface area contributed by atoms with Crippen LogP contribution in [0.1, 0.15) is 0 Å². The molecule has 0 aliphatic rings. The van der Waals surface area contributed by atoms with Gasteiger partial charge in [-0.2, -0.15) is 9.78 Å². The van der Waals surface area contributed by atoms with Crippen molar-refractivity contribution in [1.82, 2.24) is 14.8 Å². The molecule has 2 aromatic carbocycles. The van der Waals surface area contributed by atoms with Gasteiger partial charge in [0.05, 0.1) is 26.9 Å². The molecule has 4 aromatic rings. The highest BCUT2D eigenvalue weighted by Crippen LogP contribution is 2.28. The number of nitrogens with zero attached hydrogens (tertiary/aromatic N) is 4. The third-order valence-corrected chi connectivity index (χ3v) is 4.72. The van der Waals surface area contributed by atoms with E-state index in [1.165, 1.54) is 35.7 Å². The molecule has 0 saturated carbocycles. The Morgan fingerprint density at radius 3 is 2.89 bits per heavy atom. The molecular formula is C16H10N6O4S. The standard InChI is InChI=1S/C16H10N6O4S/c23-8-17-10-1-3-12-14(6-10)27-15(19-12)20-16(24)21-13-4-2-11(22(25)26)5-9(13)7-18-21/h1-8H,(H,17,23)(H,19,20,24). The summed E-state index contributed by atoms with van der Waals surface area (Å²) < 4.78 is 1.91. The zero-order valence-electron chi connectivity index (χ0n) is 13.4. The third kappa shape index (κ3) is 3.06. The van der Waals surface area contributed by atoms with Crippen molar-refractivity contribution < 1.29 is 14.5 Å². The first-order valence-electron chi connectivity index (χ1n) is 7.59. The number of carbonyl (C=O) groups is 2. The Bertz CT molecular complexity index is 1210. The summed E-state index contributed by atoms with van der Waals surface area (Å²) in [6, 6.07) is 8.78. The van der Waals surface area contributed by atoms with E-state index in [0.29, 0.717) is 33.6 Å². The van der Waals surface area contributed by atoms with Crippen LogP contribution in [0.15, 0.2) is 42.6 Å². The summed E-state index contributed by atoms with van der Waals surface area (Å²) in [7, 11) is 0. The first kappa shape index (κ1) is 16.6. The Kier molecular flexibility index (Phi) is 3.97. The molecular weight excluding hydrogens is 372 g/mol. The predicted molar refractivity (Wildman–Crippen MR) is 100 cm³/mol. The minimum Gasteiger partial charge on any atom is -0.329 e. The maximum atomic E-state index is 12.5. The van der Waals surface area contributed by atoms with Crippen molar-refractivity contribution in [3.05, 3.63) is 52.7 Å². The summed E-state index contributed by atoms with van der Waals surface area (Å²) in [6.45, 7) is 0. The van der Waals surface area contributed by atoms with Gasteiger partial charge in [0.2, 0.25) is 6.41 Å². The molecule has 0 aliphatic heterocycles. The zero-order valence-corrected chi connectivity index (χ0v) is 14.3. The first-order chi connectivity index (χ1) is 13.0. The van der Waals surface area contributed by atoms with E-state index in [4.69, 9.17) is 0 Å². The lowest BCUT2D eigenvalue weighted by Gasteiger charge is -2.02. The van der Waals surface area contributed by atoms with Crippen molar-refractivity contribution in [2.75, 3.05) is 10.6 Å². The van der Waals surface area contributed by atoms with Gasteiger partial charge < -0.3 is 5.32 Å². The van der Waals surface area contributed by atoms with Gasteiger partial charge in [0.1, 0.15) is 0 Å². The lowest BCUT2D eigenvalue weighted by molar-refractivity contribution is -0.384. The summed E-state index contributed by atoms with van der Waals surface area (Å²) >= 11 is 1.25. The van der Waals surface area contributed by atoms with Gasteiger partial charge in [-0.15, -0.1) is 0 Å². The van der Waals surface area contributed by atoms with Crippen LogP contribution >= 0.6 is 11.3 Å². The lowest BCUT2D eigenvalue weighted by Crippen LogP contribution is -2.20. The van der Waals surface area contributed by atoms with Crippen LogP contribution in [0, 0.1) is 10.1 Å². The smallest absolute Gasteiger partial charge is 0.329 e. The molecule has 0 unspecified atom stereocenters. The number of thiazole rings is 1. The largest absolute Gasteiger partial charge is 0.348 e. The number of nitrogens with one attached hydrogen (secondary N) is 2. The predicted octanol–water partition coefficient (Wildman–Crippen LogP) is 3.20. The molecule has 27 heavy (non-hydrogen) atoms. The topological polar surface area (TPSA) is 132 Å². The molecule has 0 bridgehead atoms. The highest BCUT2D eigenvalue weighted by atomic mass is 32.1. The number of rotatable bonds is 4. The first-order valence-corrected chi connectivity index (χ1v) is 8.41. The maximum Gasteiger partial charge on any atom is 0.348 e. The van der Waals surface area contributed by atoms with Crippen LogP contribution in [-0.4, -0.2) is 32.1 Å². The minimum atomic E-state index is -0.538. The number of carbonyl (C=O) groups excluding carboxylic acids is 2. The number of aromatic nitrogens is 3. The Morgan fingerprint density at radius 1 is 1.26 bits per heavy atom. The second kappa shape index (κ2) is 6.46. The molecule has 0 atom stereocenters. The second-order valence-corrected chi connectivity index (χ2v) is 6.48. The molecule has 2 amide bonds. The summed E-state index contributed by atoms with van der Waals surface area (Å²) in [5.41, 5.74) is 1.66. The highest BCUT2D eigenvalue weighted by molar-refractivity contribution is 7.22. The van der Waals surface area contributed by atoms with E-state index in [2.05, 4.69) is 20.7 Å². The van der Waals surface area contributed by atoms with Crippen molar-refractivity contribution in [1.29, 1.82) is 0 Å². The minimum absolute atomic E-state index is 0.0756. The number of hydrogen-bond donors (Lipinski definition) is 2.